The molecule has 0 aromatic heterocycles. The molecule has 0 spiro atoms. The third-order valence-electron chi connectivity index (χ3n) is 4.34. The van der Waals surface area contributed by atoms with E-state index < -0.39 is 23.9 Å². The third kappa shape index (κ3) is 4.04. The number of aliphatic carboxylic acids is 1. The van der Waals surface area contributed by atoms with E-state index in [0.29, 0.717) is 11.3 Å². The average Bonchev–Trinajstić information content (AvgIpc) is 3.03. The van der Waals surface area contributed by atoms with Crippen molar-refractivity contribution in [3.8, 4) is 17.2 Å². The highest BCUT2D eigenvalue weighted by molar-refractivity contribution is 6.31. The van der Waals surface area contributed by atoms with E-state index in [1.165, 1.54) is 39.4 Å². The van der Waals surface area contributed by atoms with Gasteiger partial charge in [-0.2, -0.15) is 0 Å². The Bertz CT molecular complexity index is 992. The second kappa shape index (κ2) is 8.56. The van der Waals surface area contributed by atoms with Gasteiger partial charge in [0.25, 0.3) is 11.8 Å². The SMILES string of the molecule is COc1cc(/C=C2/C(=O)NN(c3ccccc3)C2=O)cc(OC)c1O[C@@H](C)C(=O)O. The summed E-state index contributed by atoms with van der Waals surface area (Å²) in [6, 6.07) is 11.7. The maximum atomic E-state index is 12.7. The molecule has 0 saturated carbocycles. The van der Waals surface area contributed by atoms with Crippen LogP contribution in [0.15, 0.2) is 48.0 Å². The van der Waals surface area contributed by atoms with Crippen LogP contribution in [0, 0.1) is 0 Å². The molecule has 0 bridgehead atoms. The first kappa shape index (κ1) is 20.7. The van der Waals surface area contributed by atoms with Crippen molar-refractivity contribution in [3.63, 3.8) is 0 Å². The quantitative estimate of drug-likeness (QED) is 0.528. The molecule has 2 aromatic rings. The van der Waals surface area contributed by atoms with Gasteiger partial charge in [-0.05, 0) is 42.8 Å². The minimum absolute atomic E-state index is 0.0736. The second-order valence-corrected chi connectivity index (χ2v) is 6.33. The van der Waals surface area contributed by atoms with Gasteiger partial charge in [-0.15, -0.1) is 0 Å². The summed E-state index contributed by atoms with van der Waals surface area (Å²) in [6.45, 7) is 1.37. The molecule has 0 aliphatic carbocycles. The molecule has 0 unspecified atom stereocenters. The Morgan fingerprint density at radius 3 is 2.23 bits per heavy atom. The summed E-state index contributed by atoms with van der Waals surface area (Å²) < 4.78 is 16.0. The molecule has 1 atom stereocenters. The minimum atomic E-state index is -1.15. The van der Waals surface area contributed by atoms with Crippen LogP contribution in [0.2, 0.25) is 0 Å². The molecule has 3 rings (SSSR count). The summed E-state index contributed by atoms with van der Waals surface area (Å²) in [4.78, 5) is 36.2. The molecule has 2 amide bonds. The van der Waals surface area contributed by atoms with Gasteiger partial charge in [0, 0.05) is 0 Å². The number of hydrogen-bond acceptors (Lipinski definition) is 6. The molecule has 0 radical (unpaired) electrons. The van der Waals surface area contributed by atoms with Gasteiger partial charge in [0.1, 0.15) is 5.57 Å². The number of anilines is 1. The van der Waals surface area contributed by atoms with Gasteiger partial charge in [0.15, 0.2) is 17.6 Å². The van der Waals surface area contributed by atoms with Crippen LogP contribution in [0.3, 0.4) is 0 Å². The van der Waals surface area contributed by atoms with Crippen LogP contribution in [-0.4, -0.2) is 43.2 Å². The van der Waals surface area contributed by atoms with E-state index in [-0.39, 0.29) is 22.8 Å². The fraction of sp³-hybridized carbons (Fsp3) is 0.190. The Balaban J connectivity index is 1.97. The topological polar surface area (TPSA) is 114 Å². The lowest BCUT2D eigenvalue weighted by molar-refractivity contribution is -0.144. The van der Waals surface area contributed by atoms with Crippen molar-refractivity contribution in [1.82, 2.24) is 5.43 Å². The molecule has 9 nitrogen and oxygen atoms in total. The first-order valence-electron chi connectivity index (χ1n) is 8.93. The molecule has 30 heavy (non-hydrogen) atoms. The number of carboxylic acid groups (broad SMARTS) is 1. The van der Waals surface area contributed by atoms with Crippen LogP contribution < -0.4 is 24.6 Å². The zero-order valence-corrected chi connectivity index (χ0v) is 16.5. The van der Waals surface area contributed by atoms with Crippen LogP contribution in [0.1, 0.15) is 12.5 Å². The van der Waals surface area contributed by atoms with Gasteiger partial charge in [0.2, 0.25) is 5.75 Å². The number of hydrazine groups is 1. The molecule has 1 heterocycles. The van der Waals surface area contributed by atoms with E-state index in [2.05, 4.69) is 5.43 Å². The number of benzene rings is 2. The Hall–Kier alpha value is -4.01. The van der Waals surface area contributed by atoms with E-state index in [9.17, 15) is 14.4 Å². The Kier molecular flexibility index (Phi) is 5.91. The van der Waals surface area contributed by atoms with Crippen molar-refractivity contribution in [1.29, 1.82) is 0 Å². The molecule has 9 heteroatoms. The maximum absolute atomic E-state index is 12.7. The summed E-state index contributed by atoms with van der Waals surface area (Å²) in [5.41, 5.74) is 3.41. The van der Waals surface area contributed by atoms with Gasteiger partial charge in [-0.1, -0.05) is 18.2 Å². The number of amides is 2. The summed E-state index contributed by atoms with van der Waals surface area (Å²) in [5, 5.41) is 10.3. The normalized spacial score (nSPS) is 15.7. The van der Waals surface area contributed by atoms with Gasteiger partial charge < -0.3 is 19.3 Å². The molecule has 1 aliphatic rings. The highest BCUT2D eigenvalue weighted by Gasteiger charge is 2.34. The Labute approximate surface area is 172 Å². The van der Waals surface area contributed by atoms with Crippen LogP contribution in [0.5, 0.6) is 17.2 Å². The number of rotatable bonds is 7. The molecule has 2 aromatic carbocycles. The van der Waals surface area contributed by atoms with Gasteiger partial charge in [0.05, 0.1) is 19.9 Å². The number of nitrogens with one attached hydrogen (secondary N) is 1. The number of carbonyl (C=O) groups excluding carboxylic acids is 2. The lowest BCUT2D eigenvalue weighted by atomic mass is 10.1. The highest BCUT2D eigenvalue weighted by atomic mass is 16.6. The zero-order chi connectivity index (χ0) is 21.8. The largest absolute Gasteiger partial charge is 0.493 e. The number of methoxy groups -OCH3 is 2. The lowest BCUT2D eigenvalue weighted by Crippen LogP contribution is -2.35. The van der Waals surface area contributed by atoms with Crippen LogP contribution in [0.4, 0.5) is 5.69 Å². The maximum Gasteiger partial charge on any atom is 0.344 e. The Morgan fingerprint density at radius 1 is 1.10 bits per heavy atom. The van der Waals surface area contributed by atoms with E-state index in [4.69, 9.17) is 19.3 Å². The average molecular weight is 412 g/mol. The van der Waals surface area contributed by atoms with E-state index in [1.807, 2.05) is 0 Å². The number of para-hydroxylation sites is 1. The first-order valence-corrected chi connectivity index (χ1v) is 8.93. The molecule has 156 valence electrons. The van der Waals surface area contributed by atoms with Gasteiger partial charge in [-0.3, -0.25) is 15.0 Å². The number of ether oxygens (including phenoxy) is 3. The van der Waals surface area contributed by atoms with Crippen LogP contribution in [-0.2, 0) is 14.4 Å². The second-order valence-electron chi connectivity index (χ2n) is 6.33. The Morgan fingerprint density at radius 2 is 1.70 bits per heavy atom. The smallest absolute Gasteiger partial charge is 0.344 e. The van der Waals surface area contributed by atoms with Crippen LogP contribution in [0.25, 0.3) is 6.08 Å². The van der Waals surface area contributed by atoms with Crippen molar-refractivity contribution >= 4 is 29.5 Å². The van der Waals surface area contributed by atoms with Crippen molar-refractivity contribution in [2.45, 2.75) is 13.0 Å². The third-order valence-corrected chi connectivity index (χ3v) is 4.34. The van der Waals surface area contributed by atoms with Crippen molar-refractivity contribution in [2.24, 2.45) is 0 Å². The number of carbonyl (C=O) groups is 3. The lowest BCUT2D eigenvalue weighted by Gasteiger charge is -2.17. The van der Waals surface area contributed by atoms with Gasteiger partial charge in [-0.25, -0.2) is 9.80 Å². The predicted octanol–water partition coefficient (Wildman–Crippen LogP) is 2.02. The number of nitrogens with zero attached hydrogens (tertiary/aromatic N) is 1. The fourth-order valence-electron chi connectivity index (χ4n) is 2.81. The number of hydrogen-bond donors (Lipinski definition) is 2. The molecular formula is C21H20N2O7. The predicted molar refractivity (Wildman–Crippen MR) is 107 cm³/mol. The number of carboxylic acids is 1. The summed E-state index contributed by atoms with van der Waals surface area (Å²) in [7, 11) is 2.77. The summed E-state index contributed by atoms with van der Waals surface area (Å²) >= 11 is 0. The molecule has 2 N–H and O–H groups in total. The van der Waals surface area contributed by atoms with Crippen molar-refractivity contribution in [2.75, 3.05) is 19.2 Å². The molecule has 1 saturated heterocycles. The van der Waals surface area contributed by atoms with Gasteiger partial charge >= 0.3 is 5.97 Å². The monoisotopic (exact) mass is 412 g/mol. The minimum Gasteiger partial charge on any atom is -0.493 e. The van der Waals surface area contributed by atoms with Crippen molar-refractivity contribution in [3.05, 3.63) is 53.6 Å². The van der Waals surface area contributed by atoms with E-state index in [1.54, 1.807) is 30.3 Å². The zero-order valence-electron chi connectivity index (χ0n) is 16.5. The summed E-state index contributed by atoms with van der Waals surface area (Å²) in [6.07, 6.45) is 0.259. The highest BCUT2D eigenvalue weighted by Crippen LogP contribution is 2.40. The molecule has 1 fully saturated rings. The van der Waals surface area contributed by atoms with E-state index in [0.717, 1.165) is 5.01 Å². The molecule has 1 aliphatic heterocycles. The summed E-state index contributed by atoms with van der Waals surface area (Å²) in [5.74, 6) is -1.73. The standard InChI is InChI=1S/C21H20N2O7/c1-12(21(26)27)30-18-16(28-2)10-13(11-17(18)29-3)9-15-19(24)22-23(20(15)25)14-7-5-4-6-8-14/h4-12H,1-3H3,(H,22,24)(H,26,27)/b15-9-/t12-/m0/s1. The first-order chi connectivity index (χ1) is 14.3. The van der Waals surface area contributed by atoms with Crippen molar-refractivity contribution < 1.29 is 33.7 Å². The molecular weight excluding hydrogens is 392 g/mol. The fourth-order valence-corrected chi connectivity index (χ4v) is 2.81. The van der Waals surface area contributed by atoms with E-state index >= 15 is 0 Å². The van der Waals surface area contributed by atoms with Crippen LogP contribution >= 0.6 is 0 Å².